The Morgan fingerprint density at radius 3 is 2.50 bits per heavy atom. The van der Waals surface area contributed by atoms with E-state index in [1.807, 2.05) is 0 Å². The molecule has 0 saturated heterocycles. The van der Waals surface area contributed by atoms with Gasteiger partial charge in [0.25, 0.3) is 11.8 Å². The molecule has 0 aliphatic carbocycles. The van der Waals surface area contributed by atoms with Crippen molar-refractivity contribution in [2.45, 2.75) is 19.9 Å². The van der Waals surface area contributed by atoms with Crippen molar-refractivity contribution in [2.24, 2.45) is 15.7 Å². The number of hydrogen-bond acceptors (Lipinski definition) is 3. The zero-order valence-corrected chi connectivity index (χ0v) is 6.87. The number of amides is 2. The van der Waals surface area contributed by atoms with E-state index in [0.717, 1.165) is 0 Å². The molecule has 0 fully saturated rings. The summed E-state index contributed by atoms with van der Waals surface area (Å²) in [4.78, 5) is 29.1. The van der Waals surface area contributed by atoms with Gasteiger partial charge in [0.05, 0.1) is 11.4 Å². The van der Waals surface area contributed by atoms with Gasteiger partial charge in [0.2, 0.25) is 6.04 Å². The molecular formula is C7H9N3O2. The first kappa shape index (κ1) is 8.58. The summed E-state index contributed by atoms with van der Waals surface area (Å²) in [5.74, 6) is -1.33. The molecule has 1 heterocycles. The number of hydrogen-bond donors (Lipinski definition) is 1. The number of primary amides is 1. The molecule has 0 radical (unpaired) electrons. The minimum absolute atomic E-state index is 0.539. The van der Waals surface area contributed by atoms with Gasteiger partial charge in [-0.15, -0.1) is 0 Å². The van der Waals surface area contributed by atoms with Crippen LogP contribution < -0.4 is 5.73 Å². The van der Waals surface area contributed by atoms with Crippen LogP contribution in [0, 0.1) is 0 Å². The average Bonchev–Trinajstić information content (AvgIpc) is 1.96. The van der Waals surface area contributed by atoms with Gasteiger partial charge >= 0.3 is 0 Å². The highest BCUT2D eigenvalue weighted by Gasteiger charge is 2.26. The quantitative estimate of drug-likeness (QED) is 0.524. The van der Waals surface area contributed by atoms with E-state index in [1.165, 1.54) is 0 Å². The van der Waals surface area contributed by atoms with Crippen molar-refractivity contribution in [1.29, 1.82) is 0 Å². The van der Waals surface area contributed by atoms with Crippen LogP contribution in [0.5, 0.6) is 0 Å². The van der Waals surface area contributed by atoms with Crippen LogP contribution >= 0.6 is 0 Å². The van der Waals surface area contributed by atoms with E-state index in [1.54, 1.807) is 13.8 Å². The van der Waals surface area contributed by atoms with Crippen molar-refractivity contribution in [3.8, 4) is 0 Å². The predicted molar refractivity (Wildman–Crippen MR) is 44.2 cm³/mol. The summed E-state index contributed by atoms with van der Waals surface area (Å²) in [5.41, 5.74) is 6.05. The van der Waals surface area contributed by atoms with Gasteiger partial charge in [0.1, 0.15) is 0 Å². The van der Waals surface area contributed by atoms with Crippen molar-refractivity contribution in [1.82, 2.24) is 0 Å². The van der Waals surface area contributed by atoms with Crippen molar-refractivity contribution < 1.29 is 9.59 Å². The summed E-state index contributed by atoms with van der Waals surface area (Å²) in [6.07, 6.45) is 0. The Labute approximate surface area is 69.4 Å². The lowest BCUT2D eigenvalue weighted by molar-refractivity contribution is -0.127. The second-order valence-corrected chi connectivity index (χ2v) is 2.55. The highest BCUT2D eigenvalue weighted by Crippen LogP contribution is 2.03. The SMILES string of the molecule is CC1=NC(=O)C(C(N)=O)N=C1C. The Hall–Kier alpha value is -1.52. The third-order valence-electron chi connectivity index (χ3n) is 1.63. The van der Waals surface area contributed by atoms with Gasteiger partial charge in [-0.2, -0.15) is 0 Å². The largest absolute Gasteiger partial charge is 0.367 e. The molecule has 0 saturated carbocycles. The molecule has 0 aromatic heterocycles. The molecule has 1 atom stereocenters. The molecule has 64 valence electrons. The number of nitrogens with zero attached hydrogens (tertiary/aromatic N) is 2. The maximum atomic E-state index is 11.0. The van der Waals surface area contributed by atoms with Gasteiger partial charge in [0, 0.05) is 0 Å². The van der Waals surface area contributed by atoms with E-state index in [0.29, 0.717) is 11.4 Å². The molecule has 2 amide bonds. The van der Waals surface area contributed by atoms with Crippen LogP contribution in [0.25, 0.3) is 0 Å². The Morgan fingerprint density at radius 1 is 1.42 bits per heavy atom. The molecule has 1 aliphatic rings. The average molecular weight is 167 g/mol. The first-order valence-corrected chi connectivity index (χ1v) is 3.45. The molecule has 1 rings (SSSR count). The fraction of sp³-hybridized carbons (Fsp3) is 0.429. The maximum Gasteiger partial charge on any atom is 0.280 e. The number of aliphatic imine (C=N–C) groups is 2. The molecule has 5 nitrogen and oxygen atoms in total. The lowest BCUT2D eigenvalue weighted by Gasteiger charge is -2.11. The Balaban J connectivity index is 2.99. The Morgan fingerprint density at radius 2 is 2.00 bits per heavy atom. The van der Waals surface area contributed by atoms with Crippen LogP contribution in [0.15, 0.2) is 9.98 Å². The van der Waals surface area contributed by atoms with Gasteiger partial charge < -0.3 is 5.73 Å². The number of nitrogens with two attached hydrogens (primary N) is 1. The third-order valence-corrected chi connectivity index (χ3v) is 1.63. The lowest BCUT2D eigenvalue weighted by atomic mass is 10.2. The second-order valence-electron chi connectivity index (χ2n) is 2.55. The van der Waals surface area contributed by atoms with Crippen molar-refractivity contribution >= 4 is 23.2 Å². The molecule has 1 aliphatic heterocycles. The van der Waals surface area contributed by atoms with Crippen LogP contribution in [0.3, 0.4) is 0 Å². The fourth-order valence-corrected chi connectivity index (χ4v) is 0.835. The summed E-state index contributed by atoms with van der Waals surface area (Å²) in [7, 11) is 0. The first-order valence-electron chi connectivity index (χ1n) is 3.45. The molecular weight excluding hydrogens is 158 g/mol. The summed E-state index contributed by atoms with van der Waals surface area (Å²) in [6, 6.07) is -1.12. The molecule has 5 heteroatoms. The molecule has 0 spiro atoms. The predicted octanol–water partition coefficient (Wildman–Crippen LogP) is -0.698. The van der Waals surface area contributed by atoms with Gasteiger partial charge in [0.15, 0.2) is 0 Å². The highest BCUT2D eigenvalue weighted by molar-refractivity contribution is 6.44. The van der Waals surface area contributed by atoms with E-state index < -0.39 is 17.9 Å². The normalized spacial score (nSPS) is 23.2. The van der Waals surface area contributed by atoms with Crippen LogP contribution in [-0.4, -0.2) is 29.3 Å². The molecule has 12 heavy (non-hydrogen) atoms. The molecule has 0 aromatic carbocycles. The minimum atomic E-state index is -1.12. The number of carbonyl (C=O) groups excluding carboxylic acids is 2. The van der Waals surface area contributed by atoms with Gasteiger partial charge in [-0.05, 0) is 13.8 Å². The summed E-state index contributed by atoms with van der Waals surface area (Å²) < 4.78 is 0. The van der Waals surface area contributed by atoms with Crippen LogP contribution in [0.1, 0.15) is 13.8 Å². The van der Waals surface area contributed by atoms with Crippen LogP contribution in [-0.2, 0) is 9.59 Å². The smallest absolute Gasteiger partial charge is 0.280 e. The van der Waals surface area contributed by atoms with Crippen molar-refractivity contribution in [3.05, 3.63) is 0 Å². The summed E-state index contributed by atoms with van der Waals surface area (Å²) in [5, 5.41) is 0. The fourth-order valence-electron chi connectivity index (χ4n) is 0.835. The van der Waals surface area contributed by atoms with Crippen LogP contribution in [0.4, 0.5) is 0 Å². The monoisotopic (exact) mass is 167 g/mol. The standard InChI is InChI=1S/C7H9N3O2/c1-3-4(2)10-7(12)5(9-3)6(8)11/h5H,1-2H3,(H2,8,11). The number of carbonyl (C=O) groups is 2. The highest BCUT2D eigenvalue weighted by atomic mass is 16.2. The summed E-state index contributed by atoms with van der Waals surface area (Å²) in [6.45, 7) is 3.34. The Kier molecular flexibility index (Phi) is 2.03. The molecule has 1 unspecified atom stereocenters. The Bertz CT molecular complexity index is 304. The van der Waals surface area contributed by atoms with Gasteiger partial charge in [-0.25, -0.2) is 4.99 Å². The summed E-state index contributed by atoms with van der Waals surface area (Å²) >= 11 is 0. The van der Waals surface area contributed by atoms with Gasteiger partial charge in [-0.1, -0.05) is 0 Å². The van der Waals surface area contributed by atoms with Crippen molar-refractivity contribution in [2.75, 3.05) is 0 Å². The zero-order chi connectivity index (χ0) is 9.30. The van der Waals surface area contributed by atoms with Crippen molar-refractivity contribution in [3.63, 3.8) is 0 Å². The maximum absolute atomic E-state index is 11.0. The van der Waals surface area contributed by atoms with Crippen LogP contribution in [0.2, 0.25) is 0 Å². The topological polar surface area (TPSA) is 84.9 Å². The second kappa shape index (κ2) is 2.84. The van der Waals surface area contributed by atoms with E-state index in [-0.39, 0.29) is 0 Å². The van der Waals surface area contributed by atoms with E-state index in [4.69, 9.17) is 5.73 Å². The lowest BCUT2D eigenvalue weighted by Crippen LogP contribution is -2.37. The van der Waals surface area contributed by atoms with E-state index >= 15 is 0 Å². The molecule has 0 bridgehead atoms. The van der Waals surface area contributed by atoms with Gasteiger partial charge in [-0.3, -0.25) is 14.6 Å². The third kappa shape index (κ3) is 1.39. The minimum Gasteiger partial charge on any atom is -0.367 e. The number of rotatable bonds is 1. The molecule has 0 aromatic rings. The van der Waals surface area contributed by atoms with E-state index in [2.05, 4.69) is 9.98 Å². The molecule has 2 N–H and O–H groups in total. The first-order chi connectivity index (χ1) is 5.52. The zero-order valence-electron chi connectivity index (χ0n) is 6.87. The van der Waals surface area contributed by atoms with E-state index in [9.17, 15) is 9.59 Å².